The van der Waals surface area contributed by atoms with Gasteiger partial charge < -0.3 is 15.0 Å². The minimum Gasteiger partial charge on any atom is -0.478 e. The van der Waals surface area contributed by atoms with Crippen LogP contribution in [0.3, 0.4) is 0 Å². The number of hydrogen-bond donors (Lipinski definition) is 1. The van der Waals surface area contributed by atoms with E-state index in [0.717, 1.165) is 6.42 Å². The Balaban J connectivity index is 1.94. The standard InChI is InChI=1S/C21H27ClN2O2/c1-21(2,26-19-12-10-17(22)11-13-19)20(25)23-15-18(24(3)4)14-16-8-6-5-7-9-16/h5-13,18H,14-15H2,1-4H3,(H,23,25). The fourth-order valence-corrected chi connectivity index (χ4v) is 2.72. The van der Waals surface area contributed by atoms with E-state index in [4.69, 9.17) is 16.3 Å². The molecule has 1 unspecified atom stereocenters. The number of carbonyl (C=O) groups excluding carboxylic acids is 1. The van der Waals surface area contributed by atoms with Gasteiger partial charge in [0.05, 0.1) is 0 Å². The molecule has 5 heteroatoms. The van der Waals surface area contributed by atoms with Gasteiger partial charge in [0.25, 0.3) is 5.91 Å². The number of halogens is 1. The Bertz CT molecular complexity index is 700. The summed E-state index contributed by atoms with van der Waals surface area (Å²) in [6.07, 6.45) is 0.868. The predicted molar refractivity (Wildman–Crippen MR) is 107 cm³/mol. The summed E-state index contributed by atoms with van der Waals surface area (Å²) in [5.41, 5.74) is 0.273. The van der Waals surface area contributed by atoms with Crippen molar-refractivity contribution in [3.63, 3.8) is 0 Å². The monoisotopic (exact) mass is 374 g/mol. The van der Waals surface area contributed by atoms with Gasteiger partial charge in [-0.1, -0.05) is 41.9 Å². The zero-order valence-electron chi connectivity index (χ0n) is 15.8. The van der Waals surface area contributed by atoms with Crippen LogP contribution in [-0.2, 0) is 11.2 Å². The Kier molecular flexibility index (Phi) is 7.06. The van der Waals surface area contributed by atoms with E-state index < -0.39 is 5.60 Å². The van der Waals surface area contributed by atoms with Gasteiger partial charge >= 0.3 is 0 Å². The molecule has 1 N–H and O–H groups in total. The Morgan fingerprint density at radius 2 is 1.73 bits per heavy atom. The lowest BCUT2D eigenvalue weighted by atomic mass is 10.0. The van der Waals surface area contributed by atoms with Gasteiger partial charge in [0, 0.05) is 17.6 Å². The molecule has 0 heterocycles. The summed E-state index contributed by atoms with van der Waals surface area (Å²) in [5, 5.41) is 3.66. The molecular weight excluding hydrogens is 348 g/mol. The van der Waals surface area contributed by atoms with Crippen LogP contribution >= 0.6 is 11.6 Å². The lowest BCUT2D eigenvalue weighted by Gasteiger charge is -2.29. The molecule has 0 spiro atoms. The first-order valence-electron chi connectivity index (χ1n) is 8.71. The van der Waals surface area contributed by atoms with Crippen molar-refractivity contribution in [3.8, 4) is 5.75 Å². The van der Waals surface area contributed by atoms with Crippen molar-refractivity contribution in [2.45, 2.75) is 31.9 Å². The molecule has 4 nitrogen and oxygen atoms in total. The fraction of sp³-hybridized carbons (Fsp3) is 0.381. The summed E-state index contributed by atoms with van der Waals surface area (Å²) < 4.78 is 5.85. The summed E-state index contributed by atoms with van der Waals surface area (Å²) in [6.45, 7) is 4.08. The van der Waals surface area contributed by atoms with E-state index in [9.17, 15) is 4.79 Å². The van der Waals surface area contributed by atoms with Gasteiger partial charge in [-0.05, 0) is 64.2 Å². The summed E-state index contributed by atoms with van der Waals surface area (Å²) in [4.78, 5) is 14.8. The molecule has 0 fully saturated rings. The molecule has 1 amide bonds. The van der Waals surface area contributed by atoms with Crippen molar-refractivity contribution in [1.82, 2.24) is 10.2 Å². The highest BCUT2D eigenvalue weighted by Gasteiger charge is 2.30. The molecule has 26 heavy (non-hydrogen) atoms. The third-order valence-corrected chi connectivity index (χ3v) is 4.53. The van der Waals surface area contributed by atoms with E-state index >= 15 is 0 Å². The van der Waals surface area contributed by atoms with Gasteiger partial charge in [0.1, 0.15) is 5.75 Å². The third-order valence-electron chi connectivity index (χ3n) is 4.28. The molecule has 0 aliphatic rings. The Morgan fingerprint density at radius 1 is 1.12 bits per heavy atom. The maximum atomic E-state index is 12.6. The molecule has 0 aliphatic heterocycles. The van der Waals surface area contributed by atoms with Crippen LogP contribution in [0.1, 0.15) is 19.4 Å². The summed E-state index contributed by atoms with van der Waals surface area (Å²) in [7, 11) is 4.05. The van der Waals surface area contributed by atoms with Crippen LogP contribution in [0.15, 0.2) is 54.6 Å². The van der Waals surface area contributed by atoms with Crippen molar-refractivity contribution in [3.05, 3.63) is 65.2 Å². The van der Waals surface area contributed by atoms with Crippen molar-refractivity contribution < 1.29 is 9.53 Å². The average Bonchev–Trinajstić information content (AvgIpc) is 2.60. The number of nitrogens with one attached hydrogen (secondary N) is 1. The second-order valence-corrected chi connectivity index (χ2v) is 7.52. The topological polar surface area (TPSA) is 41.6 Å². The lowest BCUT2D eigenvalue weighted by Crippen LogP contribution is -2.50. The lowest BCUT2D eigenvalue weighted by molar-refractivity contribution is -0.134. The highest BCUT2D eigenvalue weighted by atomic mass is 35.5. The van der Waals surface area contributed by atoms with Gasteiger partial charge in [0.2, 0.25) is 0 Å². The zero-order valence-corrected chi connectivity index (χ0v) is 16.6. The number of likely N-dealkylation sites (N-methyl/N-ethyl adjacent to an activating group) is 1. The van der Waals surface area contributed by atoms with Crippen molar-refractivity contribution in [2.24, 2.45) is 0 Å². The van der Waals surface area contributed by atoms with Crippen molar-refractivity contribution in [2.75, 3.05) is 20.6 Å². The minimum atomic E-state index is -0.975. The van der Waals surface area contributed by atoms with Crippen LogP contribution < -0.4 is 10.1 Å². The number of benzene rings is 2. The van der Waals surface area contributed by atoms with Gasteiger partial charge in [0.15, 0.2) is 5.60 Å². The largest absolute Gasteiger partial charge is 0.478 e. The zero-order chi connectivity index (χ0) is 19.2. The van der Waals surface area contributed by atoms with Crippen molar-refractivity contribution >= 4 is 17.5 Å². The van der Waals surface area contributed by atoms with E-state index in [2.05, 4.69) is 22.3 Å². The Morgan fingerprint density at radius 3 is 2.31 bits per heavy atom. The quantitative estimate of drug-likeness (QED) is 0.764. The number of carbonyl (C=O) groups is 1. The van der Waals surface area contributed by atoms with E-state index in [-0.39, 0.29) is 11.9 Å². The molecule has 2 aromatic rings. The van der Waals surface area contributed by atoms with E-state index in [1.54, 1.807) is 38.1 Å². The van der Waals surface area contributed by atoms with Crippen LogP contribution in [-0.4, -0.2) is 43.1 Å². The van der Waals surface area contributed by atoms with Crippen LogP contribution in [0.5, 0.6) is 5.75 Å². The number of nitrogens with zero attached hydrogens (tertiary/aromatic N) is 1. The third kappa shape index (κ3) is 6.04. The normalized spacial score (nSPS) is 12.7. The first-order valence-corrected chi connectivity index (χ1v) is 9.09. The summed E-state index contributed by atoms with van der Waals surface area (Å²) in [6, 6.07) is 17.5. The molecule has 0 saturated heterocycles. The Hall–Kier alpha value is -2.04. The molecule has 0 saturated carbocycles. The number of rotatable bonds is 8. The SMILES string of the molecule is CN(C)C(CNC(=O)C(C)(C)Oc1ccc(Cl)cc1)Cc1ccccc1. The summed E-state index contributed by atoms with van der Waals surface area (Å²) >= 11 is 5.89. The molecule has 0 radical (unpaired) electrons. The minimum absolute atomic E-state index is 0.146. The van der Waals surface area contributed by atoms with Gasteiger partial charge in [-0.15, -0.1) is 0 Å². The average molecular weight is 375 g/mol. The van der Waals surface area contributed by atoms with Gasteiger partial charge in [-0.3, -0.25) is 4.79 Å². The smallest absolute Gasteiger partial charge is 0.263 e. The highest BCUT2D eigenvalue weighted by molar-refractivity contribution is 6.30. The molecule has 2 aromatic carbocycles. The number of ether oxygens (including phenoxy) is 1. The summed E-state index contributed by atoms with van der Waals surface area (Å²) in [5.74, 6) is 0.468. The fourth-order valence-electron chi connectivity index (χ4n) is 2.59. The highest BCUT2D eigenvalue weighted by Crippen LogP contribution is 2.21. The predicted octanol–water partition coefficient (Wildman–Crippen LogP) is 3.79. The van der Waals surface area contributed by atoms with Crippen LogP contribution in [0.25, 0.3) is 0 Å². The first kappa shape index (κ1) is 20.3. The molecule has 1 atom stereocenters. The molecule has 2 rings (SSSR count). The van der Waals surface area contributed by atoms with Gasteiger partial charge in [-0.2, -0.15) is 0 Å². The second kappa shape index (κ2) is 9.06. The number of hydrogen-bond acceptors (Lipinski definition) is 3. The maximum absolute atomic E-state index is 12.6. The van der Waals surface area contributed by atoms with E-state index in [1.165, 1.54) is 5.56 Å². The van der Waals surface area contributed by atoms with Crippen LogP contribution in [0.4, 0.5) is 0 Å². The maximum Gasteiger partial charge on any atom is 0.263 e. The van der Waals surface area contributed by atoms with E-state index in [0.29, 0.717) is 17.3 Å². The van der Waals surface area contributed by atoms with Crippen LogP contribution in [0, 0.1) is 0 Å². The molecular formula is C21H27ClN2O2. The van der Waals surface area contributed by atoms with E-state index in [1.807, 2.05) is 32.3 Å². The Labute approximate surface area is 161 Å². The molecule has 0 aliphatic carbocycles. The molecule has 140 valence electrons. The first-order chi connectivity index (χ1) is 12.3. The number of amides is 1. The molecule has 0 aromatic heterocycles. The van der Waals surface area contributed by atoms with Crippen LogP contribution in [0.2, 0.25) is 5.02 Å². The van der Waals surface area contributed by atoms with Gasteiger partial charge in [-0.25, -0.2) is 0 Å². The molecule has 0 bridgehead atoms. The second-order valence-electron chi connectivity index (χ2n) is 7.08. The van der Waals surface area contributed by atoms with Crippen molar-refractivity contribution in [1.29, 1.82) is 0 Å².